The summed E-state index contributed by atoms with van der Waals surface area (Å²) in [5.74, 6) is -18.9. The topological polar surface area (TPSA) is 488 Å². The Morgan fingerprint density at radius 2 is 0.656 bits per heavy atom. The van der Waals surface area contributed by atoms with Crippen LogP contribution in [-0.2, 0) is 62.3 Å². The lowest BCUT2D eigenvalue weighted by Crippen LogP contribution is -2.60. The Morgan fingerprint density at radius 3 is 0.984 bits per heavy atom. The van der Waals surface area contributed by atoms with Gasteiger partial charge in [-0.05, 0) is 45.1 Å². The van der Waals surface area contributed by atoms with E-state index in [0.717, 1.165) is 0 Å². The highest BCUT2D eigenvalue weighted by Crippen LogP contribution is 2.09. The molecule has 61 heavy (non-hydrogen) atoms. The van der Waals surface area contributed by atoms with Gasteiger partial charge in [-0.3, -0.25) is 57.5 Å². The molecule has 17 N–H and O–H groups in total. The third-order valence-corrected chi connectivity index (χ3v) is 8.16. The van der Waals surface area contributed by atoms with Crippen molar-refractivity contribution in [2.45, 2.75) is 119 Å². The van der Waals surface area contributed by atoms with E-state index in [4.69, 9.17) is 21.7 Å². The van der Waals surface area contributed by atoms with Crippen molar-refractivity contribution in [3.05, 3.63) is 0 Å². The molecule has 0 saturated heterocycles. The summed E-state index contributed by atoms with van der Waals surface area (Å²) in [6, 6.07) is -13.1. The fourth-order valence-corrected chi connectivity index (χ4v) is 5.05. The number of aliphatic carboxylic acids is 7. The van der Waals surface area contributed by atoms with Gasteiger partial charge < -0.3 is 79.1 Å². The van der Waals surface area contributed by atoms with Crippen LogP contribution in [0.1, 0.15) is 77.0 Å². The number of unbranched alkanes of at least 4 members (excludes halogenated alkanes) is 1. The summed E-state index contributed by atoms with van der Waals surface area (Å²) >= 11 is 0. The van der Waals surface area contributed by atoms with Crippen molar-refractivity contribution in [3.8, 4) is 0 Å². The summed E-state index contributed by atoms with van der Waals surface area (Å²) in [4.78, 5) is 158. The van der Waals surface area contributed by atoms with Crippen LogP contribution in [-0.4, -0.2) is 162 Å². The summed E-state index contributed by atoms with van der Waals surface area (Å²) in [7, 11) is 0. The molecule has 28 nitrogen and oxygen atoms in total. The number of carbonyl (C=O) groups is 13. The van der Waals surface area contributed by atoms with E-state index >= 15 is 0 Å². The van der Waals surface area contributed by atoms with Crippen molar-refractivity contribution < 1.29 is 98.1 Å². The maximum Gasteiger partial charge on any atom is 0.326 e. The van der Waals surface area contributed by atoms with Crippen LogP contribution in [0.5, 0.6) is 0 Å². The Balaban J connectivity index is 6.57. The molecule has 0 saturated carbocycles. The average molecular weight is 879 g/mol. The van der Waals surface area contributed by atoms with Crippen LogP contribution in [0, 0.1) is 0 Å². The lowest BCUT2D eigenvalue weighted by molar-refractivity contribution is -0.144. The second kappa shape index (κ2) is 27.7. The number of carboxylic acids is 7. The first-order chi connectivity index (χ1) is 28.4. The fourth-order valence-electron chi connectivity index (χ4n) is 5.05. The molecule has 0 radical (unpaired) electrons. The Kier molecular flexibility index (Phi) is 24.5. The molecule has 342 valence electrons. The predicted octanol–water partition coefficient (Wildman–Crippen LogP) is -5.55. The van der Waals surface area contributed by atoms with Crippen LogP contribution in [0.4, 0.5) is 0 Å². The number of nitrogens with one attached hydrogen (secondary N) is 6. The van der Waals surface area contributed by atoms with Crippen molar-refractivity contribution in [1.29, 1.82) is 0 Å². The van der Waals surface area contributed by atoms with Gasteiger partial charge in [-0.25, -0.2) is 4.79 Å². The van der Waals surface area contributed by atoms with Crippen LogP contribution in [0.25, 0.3) is 0 Å². The maximum absolute atomic E-state index is 13.6. The standard InChI is InChI=1S/C33H50N8O20/c34-10-2-1-3-15(36-31(58)20(13-26(52)53)41-32(59)19(12-25(50)51)40-27(54)14(35)11-24(48)49)28(55)37-16(4-7-21(42)43)29(56)38-17(5-8-22(44)45)30(57)39-18(33(60)61)6-9-23(46)47/h14-20H,1-13,34-35H2,(H,36,58)(H,37,55)(H,38,56)(H,39,57)(H,40,54)(H,41,59)(H,42,43)(H,44,45)(H,46,47)(H,48,49)(H,50,51)(H,52,53)(H,60,61)/t14-,15-,16-,17-,18-,19-,20-/m0/s1. The quantitative estimate of drug-likeness (QED) is 0.0280. The molecule has 7 atom stereocenters. The van der Waals surface area contributed by atoms with E-state index in [2.05, 4.69) is 16.0 Å². The number of hydrogen-bond donors (Lipinski definition) is 15. The summed E-state index contributed by atoms with van der Waals surface area (Å²) in [5, 5.41) is 76.7. The Hall–Kier alpha value is -6.97. The second-order valence-corrected chi connectivity index (χ2v) is 13.2. The van der Waals surface area contributed by atoms with Gasteiger partial charge in [0, 0.05) is 19.3 Å². The zero-order chi connectivity index (χ0) is 47.0. The van der Waals surface area contributed by atoms with Crippen LogP contribution in [0.3, 0.4) is 0 Å². The fraction of sp³-hybridized carbons (Fsp3) is 0.606. The average Bonchev–Trinajstić information content (AvgIpc) is 3.14. The van der Waals surface area contributed by atoms with Gasteiger partial charge in [0.05, 0.1) is 25.3 Å². The van der Waals surface area contributed by atoms with Crippen LogP contribution >= 0.6 is 0 Å². The molecule has 0 unspecified atom stereocenters. The molecule has 0 fully saturated rings. The highest BCUT2D eigenvalue weighted by molar-refractivity contribution is 5.99. The van der Waals surface area contributed by atoms with Crippen LogP contribution in [0.15, 0.2) is 0 Å². The molecule has 0 aromatic heterocycles. The highest BCUT2D eigenvalue weighted by Gasteiger charge is 2.35. The first kappa shape index (κ1) is 54.0. The van der Waals surface area contributed by atoms with E-state index in [1.54, 1.807) is 0 Å². The smallest absolute Gasteiger partial charge is 0.326 e. The third-order valence-electron chi connectivity index (χ3n) is 8.16. The molecule has 6 amide bonds. The Bertz CT molecular complexity index is 1660. The summed E-state index contributed by atoms with van der Waals surface area (Å²) in [6.45, 7) is 0.0648. The number of rotatable bonds is 32. The minimum absolute atomic E-state index is 0.0648. The summed E-state index contributed by atoms with van der Waals surface area (Å²) in [6.07, 6.45) is -7.63. The van der Waals surface area contributed by atoms with Crippen LogP contribution in [0.2, 0.25) is 0 Å². The molecular formula is C33H50N8O20. The van der Waals surface area contributed by atoms with E-state index in [1.807, 2.05) is 16.0 Å². The van der Waals surface area contributed by atoms with Gasteiger partial charge in [-0.1, -0.05) is 0 Å². The van der Waals surface area contributed by atoms with Gasteiger partial charge in [0.15, 0.2) is 0 Å². The number of amides is 6. The molecule has 0 spiro atoms. The molecule has 0 aliphatic carbocycles. The molecule has 0 aliphatic heterocycles. The molecule has 0 bridgehead atoms. The number of nitrogens with two attached hydrogens (primary N) is 2. The SMILES string of the molecule is NCCCC[C@H](NC(=O)[C@H](CC(=O)O)NC(=O)[C@H](CC(=O)O)NC(=O)[C@@H](N)CC(=O)O)C(=O)N[C@@H](CCC(=O)O)C(=O)N[C@@H](CCC(=O)O)C(=O)N[C@@H](CCC(=O)O)C(=O)O. The van der Waals surface area contributed by atoms with Gasteiger partial charge >= 0.3 is 41.8 Å². The summed E-state index contributed by atoms with van der Waals surface area (Å²) < 4.78 is 0. The number of carboxylic acid groups (broad SMARTS) is 7. The Morgan fingerprint density at radius 1 is 0.361 bits per heavy atom. The van der Waals surface area contributed by atoms with Gasteiger partial charge in [0.25, 0.3) is 0 Å². The van der Waals surface area contributed by atoms with Gasteiger partial charge in [-0.2, -0.15) is 0 Å². The molecule has 0 aliphatic rings. The van der Waals surface area contributed by atoms with Gasteiger partial charge in [0.2, 0.25) is 35.4 Å². The number of carbonyl (C=O) groups excluding carboxylic acids is 6. The van der Waals surface area contributed by atoms with E-state index < -0.39 is 177 Å². The Labute approximate surface area is 344 Å². The summed E-state index contributed by atoms with van der Waals surface area (Å²) in [5.41, 5.74) is 11.0. The first-order valence-electron chi connectivity index (χ1n) is 18.2. The number of hydrogen-bond acceptors (Lipinski definition) is 15. The highest BCUT2D eigenvalue weighted by atomic mass is 16.4. The molecule has 0 rings (SSSR count). The molecule has 28 heteroatoms. The monoisotopic (exact) mass is 878 g/mol. The van der Waals surface area contributed by atoms with E-state index in [1.165, 1.54) is 0 Å². The van der Waals surface area contributed by atoms with E-state index in [0.29, 0.717) is 0 Å². The van der Waals surface area contributed by atoms with Crippen molar-refractivity contribution in [2.75, 3.05) is 6.54 Å². The largest absolute Gasteiger partial charge is 0.481 e. The van der Waals surface area contributed by atoms with Gasteiger partial charge in [0.1, 0.15) is 36.3 Å². The van der Waals surface area contributed by atoms with Crippen molar-refractivity contribution in [3.63, 3.8) is 0 Å². The normalized spacial score (nSPS) is 14.1. The minimum Gasteiger partial charge on any atom is -0.481 e. The zero-order valence-corrected chi connectivity index (χ0v) is 32.3. The second-order valence-electron chi connectivity index (χ2n) is 13.2. The van der Waals surface area contributed by atoms with E-state index in [-0.39, 0.29) is 25.8 Å². The van der Waals surface area contributed by atoms with Crippen molar-refractivity contribution >= 4 is 77.2 Å². The lowest BCUT2D eigenvalue weighted by atomic mass is 10.0. The third kappa shape index (κ3) is 23.3. The van der Waals surface area contributed by atoms with E-state index in [9.17, 15) is 87.9 Å². The molecule has 0 aromatic rings. The zero-order valence-electron chi connectivity index (χ0n) is 32.3. The van der Waals surface area contributed by atoms with Crippen molar-refractivity contribution in [1.82, 2.24) is 31.9 Å². The molecular weight excluding hydrogens is 828 g/mol. The maximum atomic E-state index is 13.6. The van der Waals surface area contributed by atoms with Gasteiger partial charge in [-0.15, -0.1) is 0 Å². The molecule has 0 heterocycles. The predicted molar refractivity (Wildman–Crippen MR) is 197 cm³/mol. The lowest BCUT2D eigenvalue weighted by Gasteiger charge is -2.27. The minimum atomic E-state index is -2.10. The first-order valence-corrected chi connectivity index (χ1v) is 18.2. The molecule has 0 aromatic carbocycles. The van der Waals surface area contributed by atoms with Crippen LogP contribution < -0.4 is 43.4 Å². The van der Waals surface area contributed by atoms with Crippen molar-refractivity contribution in [2.24, 2.45) is 11.5 Å².